The Morgan fingerprint density at radius 1 is 0.300 bits per heavy atom. The van der Waals surface area contributed by atoms with Gasteiger partial charge in [-0.1, -0.05) is 0 Å². The SMILES string of the molecule is [Bi+3].[Bi+3].[Bi+3].[Bi+3].[Se-2].[Se-2].[Se-2].[Te-2].[Te-2].[Te-2]. The molecule has 56 valence electrons. The molecule has 10 heavy (non-hydrogen) atoms. The van der Waals surface area contributed by atoms with Crippen molar-refractivity contribution in [2.24, 2.45) is 0 Å². The number of hydrogen-bond acceptors (Lipinski definition) is 0. The molecule has 0 saturated heterocycles. The molecule has 10 heteroatoms. The van der Waals surface area contributed by atoms with E-state index in [1.807, 2.05) is 0 Å². The standard InChI is InChI=1S/4Bi.3Se.3Te/q4*+3;6*-2. The Morgan fingerprint density at radius 2 is 0.300 bits per heavy atom. The quantitative estimate of drug-likeness (QED) is 0.219. The average Bonchev–Trinajstić information content (AvgIpc) is 0. The van der Waals surface area contributed by atoms with E-state index in [-0.39, 0.29) is 227 Å². The molecule has 0 bridgehead atoms. The van der Waals surface area contributed by atoms with Gasteiger partial charge in [0.25, 0.3) is 0 Å². The minimum Gasteiger partial charge on any atom is -2.00 e. The van der Waals surface area contributed by atoms with E-state index in [9.17, 15) is 0 Å². The van der Waals surface area contributed by atoms with Crippen molar-refractivity contribution in [1.82, 2.24) is 0 Å². The van der Waals surface area contributed by atoms with Gasteiger partial charge in [-0.05, 0) is 0 Å². The molecule has 0 aliphatic heterocycles. The molecule has 0 unspecified atom stereocenters. The van der Waals surface area contributed by atoms with Crippen LogP contribution >= 0.6 is 0 Å². The van der Waals surface area contributed by atoms with Crippen LogP contribution in [-0.2, 0) is 0 Å². The first kappa shape index (κ1) is 85.0. The Bertz CT molecular complexity index is 15.7. The maximum absolute atomic E-state index is 0. The maximum atomic E-state index is 0. The second-order valence-electron chi connectivity index (χ2n) is 0. The van der Waals surface area contributed by atoms with Crippen LogP contribution in [-0.4, -0.2) is 227 Å². The maximum Gasteiger partial charge on any atom is 3.00 e. The molecule has 0 aromatic heterocycles. The van der Waals surface area contributed by atoms with Crippen molar-refractivity contribution in [1.29, 1.82) is 0 Å². The molecule has 0 aliphatic carbocycles. The molecule has 0 spiro atoms. The molecule has 0 N–H and O–H groups in total. The molecular formula is Bi4Se3Te3. The molecule has 0 amide bonds. The predicted molar refractivity (Wildman–Crippen MR) is 57.5 cm³/mol. The first-order valence-corrected chi connectivity index (χ1v) is 0. The van der Waals surface area contributed by atoms with Crippen LogP contribution in [0.2, 0.25) is 0 Å². The van der Waals surface area contributed by atoms with Crippen molar-refractivity contribution < 1.29 is 0 Å². The van der Waals surface area contributed by atoms with Gasteiger partial charge in [0, 0.05) is 0 Å². The van der Waals surface area contributed by atoms with Gasteiger partial charge in [0.05, 0.1) is 0 Å². The van der Waals surface area contributed by atoms with Crippen LogP contribution in [0.5, 0.6) is 0 Å². The van der Waals surface area contributed by atoms with Crippen molar-refractivity contribution in [3.63, 3.8) is 0 Å². The van der Waals surface area contributed by atoms with Crippen molar-refractivity contribution >= 4 is 227 Å². The smallest absolute Gasteiger partial charge is 2.00 e. The predicted octanol–water partition coefficient (Wildman–Crippen LogP) is -3.81. The average molecular weight is 1460 g/mol. The molecule has 0 saturated carbocycles. The van der Waals surface area contributed by atoms with Gasteiger partial charge >= 0.3 is 105 Å². The van der Waals surface area contributed by atoms with Gasteiger partial charge in [-0.15, -0.1) is 0 Å². The summed E-state index contributed by atoms with van der Waals surface area (Å²) in [5, 5.41) is 0. The molecule has 0 nitrogen and oxygen atoms in total. The van der Waals surface area contributed by atoms with Gasteiger partial charge in [0.15, 0.2) is 0 Å². The summed E-state index contributed by atoms with van der Waals surface area (Å²) < 4.78 is 0. The van der Waals surface area contributed by atoms with Gasteiger partial charge < -0.3 is 122 Å². The summed E-state index contributed by atoms with van der Waals surface area (Å²) >= 11 is 0. The van der Waals surface area contributed by atoms with Crippen LogP contribution in [0.1, 0.15) is 0 Å². The van der Waals surface area contributed by atoms with Crippen molar-refractivity contribution in [3.8, 4) is 0 Å². The van der Waals surface area contributed by atoms with Gasteiger partial charge in [-0.2, -0.15) is 0 Å². The topological polar surface area (TPSA) is 0 Å². The molecule has 0 aromatic rings. The zero-order chi connectivity index (χ0) is 0. The zero-order valence-corrected chi connectivity index (χ0v) is 30.3. The van der Waals surface area contributed by atoms with Crippen LogP contribution < -0.4 is 0 Å². The Labute approximate surface area is 221 Å². The van der Waals surface area contributed by atoms with Crippen LogP contribution in [0, 0.1) is 0 Å². The Kier molecular flexibility index (Phi) is 601. The van der Waals surface area contributed by atoms with E-state index in [1.165, 1.54) is 0 Å². The van der Waals surface area contributed by atoms with Crippen LogP contribution in [0.4, 0.5) is 0 Å². The fourth-order valence-corrected chi connectivity index (χ4v) is 0. The van der Waals surface area contributed by atoms with E-state index in [1.54, 1.807) is 0 Å². The number of rotatable bonds is 0. The second kappa shape index (κ2) is 70.7. The van der Waals surface area contributed by atoms with Gasteiger partial charge in [-0.3, -0.25) is 0 Å². The summed E-state index contributed by atoms with van der Waals surface area (Å²) in [7, 11) is 0. The monoisotopic (exact) mass is 1470 g/mol. The molecule has 0 rings (SSSR count). The molecule has 0 aliphatic rings. The summed E-state index contributed by atoms with van der Waals surface area (Å²) in [4.78, 5) is 0. The minimum absolute atomic E-state index is 0. The Morgan fingerprint density at radius 3 is 0.300 bits per heavy atom. The number of hydrogen-bond donors (Lipinski definition) is 0. The minimum atomic E-state index is 0. The molecule has 0 heterocycles. The van der Waals surface area contributed by atoms with Gasteiger partial charge in [-0.25, -0.2) is 0 Å². The summed E-state index contributed by atoms with van der Waals surface area (Å²) in [5.74, 6) is 0. The summed E-state index contributed by atoms with van der Waals surface area (Å²) in [6.07, 6.45) is 0. The zero-order valence-electron chi connectivity index (χ0n) is 4.24. The van der Waals surface area contributed by atoms with E-state index in [4.69, 9.17) is 0 Å². The van der Waals surface area contributed by atoms with E-state index < -0.39 is 0 Å². The van der Waals surface area contributed by atoms with E-state index in [2.05, 4.69) is 0 Å². The third-order valence-electron chi connectivity index (χ3n) is 0. The fourth-order valence-electron chi connectivity index (χ4n) is 0. The Balaban J connectivity index is 0. The van der Waals surface area contributed by atoms with E-state index in [0.717, 1.165) is 0 Å². The first-order chi connectivity index (χ1) is 0. The van der Waals surface area contributed by atoms with Gasteiger partial charge in [0.2, 0.25) is 0 Å². The van der Waals surface area contributed by atoms with Crippen molar-refractivity contribution in [3.05, 3.63) is 0 Å². The van der Waals surface area contributed by atoms with E-state index >= 15 is 0 Å². The van der Waals surface area contributed by atoms with Crippen molar-refractivity contribution in [2.75, 3.05) is 0 Å². The third kappa shape index (κ3) is 58.1. The fraction of sp³-hybridized carbons (Fsp3) is 0. The van der Waals surface area contributed by atoms with E-state index in [0.29, 0.717) is 0 Å². The molecule has 0 atom stereocenters. The molecule has 0 fully saturated rings. The summed E-state index contributed by atoms with van der Waals surface area (Å²) in [5.41, 5.74) is 0. The summed E-state index contributed by atoms with van der Waals surface area (Å²) in [6, 6.07) is 0. The van der Waals surface area contributed by atoms with Crippen molar-refractivity contribution in [2.45, 2.75) is 0 Å². The normalized spacial score (nSPS) is 0. The largest absolute Gasteiger partial charge is 3.00 e. The van der Waals surface area contributed by atoms with Gasteiger partial charge in [0.1, 0.15) is 0 Å². The van der Waals surface area contributed by atoms with Crippen LogP contribution in [0.25, 0.3) is 0 Å². The molecule has 8 radical (unpaired) electrons. The molecular weight excluding hydrogens is 1460 g/mol. The van der Waals surface area contributed by atoms with Crippen LogP contribution in [0.3, 0.4) is 0 Å². The third-order valence-corrected chi connectivity index (χ3v) is 0. The van der Waals surface area contributed by atoms with Crippen LogP contribution in [0.15, 0.2) is 0 Å². The summed E-state index contributed by atoms with van der Waals surface area (Å²) in [6.45, 7) is 0. The first-order valence-electron chi connectivity index (χ1n) is 0. The second-order valence-corrected chi connectivity index (χ2v) is 0. The molecule has 0 aromatic carbocycles. The Hall–Kier alpha value is 7.46.